The van der Waals surface area contributed by atoms with Crippen LogP contribution in [0.4, 0.5) is 0 Å². The summed E-state index contributed by atoms with van der Waals surface area (Å²) in [4.78, 5) is 7.63. The molecule has 1 aromatic heterocycles. The molecule has 1 fully saturated rings. The first-order chi connectivity index (χ1) is 7.42. The summed E-state index contributed by atoms with van der Waals surface area (Å²) < 4.78 is 0. The molecule has 76 valence electrons. The molecule has 0 aromatic carbocycles. The highest BCUT2D eigenvalue weighted by Crippen LogP contribution is 2.25. The van der Waals surface area contributed by atoms with Gasteiger partial charge in [-0.2, -0.15) is 0 Å². The Labute approximate surface area is 89.7 Å². The first-order valence-corrected chi connectivity index (χ1v) is 5.12. The molecule has 1 aliphatic heterocycles. The third kappa shape index (κ3) is 2.23. The van der Waals surface area contributed by atoms with Crippen LogP contribution in [0.25, 0.3) is 10.5 Å². The van der Waals surface area contributed by atoms with Crippen LogP contribution in [0.5, 0.6) is 0 Å². The van der Waals surface area contributed by atoms with Crippen LogP contribution in [-0.4, -0.2) is 18.1 Å². The van der Waals surface area contributed by atoms with Gasteiger partial charge in [-0.25, -0.2) is 4.85 Å². The molecule has 3 nitrogen and oxygen atoms in total. The van der Waals surface area contributed by atoms with Crippen molar-refractivity contribution in [1.29, 1.82) is 0 Å². The molecule has 2 rings (SSSR count). The molecule has 0 aliphatic carbocycles. The van der Waals surface area contributed by atoms with Gasteiger partial charge in [-0.1, -0.05) is 5.57 Å². The minimum absolute atomic E-state index is 0.818. The molecule has 3 heteroatoms. The molecule has 0 radical (unpaired) electrons. The lowest BCUT2D eigenvalue weighted by Crippen LogP contribution is -2.23. The van der Waals surface area contributed by atoms with E-state index in [1.165, 1.54) is 5.57 Å². The summed E-state index contributed by atoms with van der Waals surface area (Å²) in [6.45, 7) is 9.23. The number of pyridine rings is 1. The van der Waals surface area contributed by atoms with Crippen LogP contribution in [0.1, 0.15) is 18.4 Å². The monoisotopic (exact) mass is 199 g/mol. The maximum atomic E-state index is 7.26. The Kier molecular flexibility index (Phi) is 3.11. The van der Waals surface area contributed by atoms with Gasteiger partial charge in [0.25, 0.3) is 0 Å². The normalized spacial score (nSPS) is 15.8. The molecule has 0 atom stereocenters. The Morgan fingerprint density at radius 2 is 1.93 bits per heavy atom. The van der Waals surface area contributed by atoms with E-state index in [1.807, 2.05) is 12.1 Å². The first-order valence-electron chi connectivity index (χ1n) is 5.12. The molecule has 2 heterocycles. The third-order valence-electron chi connectivity index (χ3n) is 2.61. The van der Waals surface area contributed by atoms with Crippen LogP contribution >= 0.6 is 0 Å². The third-order valence-corrected chi connectivity index (χ3v) is 2.61. The largest absolute Gasteiger partial charge is 0.316 e. The Balaban J connectivity index is 2.35. The van der Waals surface area contributed by atoms with Gasteiger partial charge in [-0.15, -0.1) is 0 Å². The Morgan fingerprint density at radius 1 is 1.27 bits per heavy atom. The van der Waals surface area contributed by atoms with Gasteiger partial charge in [0.2, 0.25) is 0 Å². The Bertz CT molecular complexity index is 393. The second-order valence-electron chi connectivity index (χ2n) is 3.55. The molecule has 0 bridgehead atoms. The topological polar surface area (TPSA) is 29.3 Å². The van der Waals surface area contributed by atoms with E-state index in [0.717, 1.165) is 37.2 Å². The summed E-state index contributed by atoms with van der Waals surface area (Å²) in [5.41, 5.74) is 3.09. The van der Waals surface area contributed by atoms with Gasteiger partial charge in [0.05, 0.1) is 6.57 Å². The number of hydrogen-bond donors (Lipinski definition) is 1. The summed E-state index contributed by atoms with van der Waals surface area (Å²) >= 11 is 0. The number of hydrogen-bond acceptors (Lipinski definition) is 2. The summed E-state index contributed by atoms with van der Waals surface area (Å²) in [5, 5.41) is 3.30. The SMILES string of the molecule is [C-]#[N+]C(=C1CCNCC1)c1ccncc1. The van der Waals surface area contributed by atoms with Gasteiger partial charge in [-0.3, -0.25) is 4.98 Å². The molecule has 1 aromatic rings. The number of rotatable bonds is 1. The highest BCUT2D eigenvalue weighted by molar-refractivity contribution is 5.73. The van der Waals surface area contributed by atoms with Crippen molar-refractivity contribution in [3.05, 3.63) is 47.1 Å². The predicted octanol–water partition coefficient (Wildman–Crippen LogP) is 2.10. The highest BCUT2D eigenvalue weighted by atomic mass is 14.9. The van der Waals surface area contributed by atoms with Crippen molar-refractivity contribution in [2.24, 2.45) is 0 Å². The fourth-order valence-electron chi connectivity index (χ4n) is 1.82. The Hall–Kier alpha value is -1.66. The Morgan fingerprint density at radius 3 is 2.53 bits per heavy atom. The van der Waals surface area contributed by atoms with Crippen molar-refractivity contribution in [2.45, 2.75) is 12.8 Å². The lowest BCUT2D eigenvalue weighted by atomic mass is 10.00. The van der Waals surface area contributed by atoms with Gasteiger partial charge in [0.15, 0.2) is 5.70 Å². The molecular weight excluding hydrogens is 186 g/mol. The number of nitrogens with one attached hydrogen (secondary N) is 1. The molecule has 1 saturated heterocycles. The number of aromatic nitrogens is 1. The fourth-order valence-corrected chi connectivity index (χ4v) is 1.82. The van der Waals surface area contributed by atoms with E-state index < -0.39 is 0 Å². The van der Waals surface area contributed by atoms with Crippen molar-refractivity contribution in [3.63, 3.8) is 0 Å². The van der Waals surface area contributed by atoms with Crippen LogP contribution in [0, 0.1) is 6.57 Å². The van der Waals surface area contributed by atoms with E-state index >= 15 is 0 Å². The van der Waals surface area contributed by atoms with Gasteiger partial charge in [0.1, 0.15) is 0 Å². The van der Waals surface area contributed by atoms with E-state index in [1.54, 1.807) is 12.4 Å². The van der Waals surface area contributed by atoms with Crippen LogP contribution in [0.15, 0.2) is 30.1 Å². The quantitative estimate of drug-likeness (QED) is 0.702. The zero-order chi connectivity index (χ0) is 10.5. The number of piperidine rings is 1. The molecule has 0 spiro atoms. The standard InChI is InChI=1S/C12H13N3/c1-13-12(10-2-6-14-7-3-10)11-4-8-15-9-5-11/h2-3,6-7,15H,4-5,8-9H2. The average molecular weight is 199 g/mol. The van der Waals surface area contributed by atoms with Crippen LogP contribution in [0.2, 0.25) is 0 Å². The molecule has 1 aliphatic rings. The van der Waals surface area contributed by atoms with Crippen LogP contribution in [0.3, 0.4) is 0 Å². The van der Waals surface area contributed by atoms with Gasteiger partial charge >= 0.3 is 0 Å². The van der Waals surface area contributed by atoms with E-state index in [0.29, 0.717) is 0 Å². The second kappa shape index (κ2) is 4.72. The van der Waals surface area contributed by atoms with Crippen molar-refractivity contribution in [2.75, 3.05) is 13.1 Å². The minimum atomic E-state index is 0.818. The fraction of sp³-hybridized carbons (Fsp3) is 0.333. The van der Waals surface area contributed by atoms with Gasteiger partial charge < -0.3 is 5.32 Å². The lowest BCUT2D eigenvalue weighted by Gasteiger charge is -2.17. The molecular formula is C12H13N3. The molecule has 0 saturated carbocycles. The lowest BCUT2D eigenvalue weighted by molar-refractivity contribution is 0.612. The van der Waals surface area contributed by atoms with Crippen molar-refractivity contribution >= 4 is 5.70 Å². The molecule has 0 amide bonds. The minimum Gasteiger partial charge on any atom is -0.316 e. The zero-order valence-electron chi connectivity index (χ0n) is 8.53. The molecule has 0 unspecified atom stereocenters. The molecule has 1 N–H and O–H groups in total. The van der Waals surface area contributed by atoms with E-state index in [2.05, 4.69) is 15.1 Å². The van der Waals surface area contributed by atoms with E-state index in [9.17, 15) is 0 Å². The van der Waals surface area contributed by atoms with E-state index in [4.69, 9.17) is 6.57 Å². The summed E-state index contributed by atoms with van der Waals surface area (Å²) in [5.74, 6) is 0. The van der Waals surface area contributed by atoms with Crippen LogP contribution in [-0.2, 0) is 0 Å². The van der Waals surface area contributed by atoms with Crippen molar-refractivity contribution in [3.8, 4) is 0 Å². The highest BCUT2D eigenvalue weighted by Gasteiger charge is 2.12. The predicted molar refractivity (Wildman–Crippen MR) is 59.9 cm³/mol. The van der Waals surface area contributed by atoms with Gasteiger partial charge in [0, 0.05) is 12.4 Å². The maximum Gasteiger partial charge on any atom is 0.193 e. The maximum absolute atomic E-state index is 7.26. The van der Waals surface area contributed by atoms with Crippen LogP contribution < -0.4 is 5.32 Å². The second-order valence-corrected chi connectivity index (χ2v) is 3.55. The van der Waals surface area contributed by atoms with Gasteiger partial charge in [-0.05, 0) is 43.6 Å². The zero-order valence-corrected chi connectivity index (χ0v) is 8.53. The summed E-state index contributed by atoms with van der Waals surface area (Å²) in [6.07, 6.45) is 5.45. The smallest absolute Gasteiger partial charge is 0.193 e. The first kappa shape index (κ1) is 9.88. The van der Waals surface area contributed by atoms with Crippen molar-refractivity contribution < 1.29 is 0 Å². The van der Waals surface area contributed by atoms with E-state index in [-0.39, 0.29) is 0 Å². The summed E-state index contributed by atoms with van der Waals surface area (Å²) in [6, 6.07) is 3.81. The average Bonchev–Trinajstić information content (AvgIpc) is 2.33. The van der Waals surface area contributed by atoms with Crippen molar-refractivity contribution in [1.82, 2.24) is 10.3 Å². The number of nitrogens with zero attached hydrogens (tertiary/aromatic N) is 2. The summed E-state index contributed by atoms with van der Waals surface area (Å²) in [7, 11) is 0. The molecule has 15 heavy (non-hydrogen) atoms.